The van der Waals surface area contributed by atoms with Gasteiger partial charge in [0.2, 0.25) is 7.85 Å². The van der Waals surface area contributed by atoms with Gasteiger partial charge in [-0.3, -0.25) is 4.79 Å². The summed E-state index contributed by atoms with van der Waals surface area (Å²) < 4.78 is 35.1. The lowest BCUT2D eigenvalue weighted by molar-refractivity contribution is -0.152. The second kappa shape index (κ2) is 15.5. The van der Waals surface area contributed by atoms with Crippen molar-refractivity contribution in [1.29, 1.82) is 0 Å². The van der Waals surface area contributed by atoms with Crippen molar-refractivity contribution in [3.63, 3.8) is 0 Å². The number of esters is 1. The van der Waals surface area contributed by atoms with Crippen LogP contribution in [-0.4, -0.2) is 87.0 Å². The number of nitrogens with zero attached hydrogens (tertiary/aromatic N) is 2. The first-order chi connectivity index (χ1) is 21.5. The lowest BCUT2D eigenvalue weighted by Crippen LogP contribution is -2.34. The molecule has 0 aliphatic carbocycles. The third-order valence-corrected chi connectivity index (χ3v) is 7.61. The zero-order valence-electron chi connectivity index (χ0n) is 26.8. The van der Waals surface area contributed by atoms with E-state index in [4.69, 9.17) is 28.4 Å². The van der Waals surface area contributed by atoms with Crippen LogP contribution in [-0.2, 0) is 18.9 Å². The summed E-state index contributed by atoms with van der Waals surface area (Å²) in [6.45, 7) is 7.93. The second-order valence-corrected chi connectivity index (χ2v) is 11.6. The van der Waals surface area contributed by atoms with Crippen LogP contribution in [0.2, 0.25) is 0 Å². The molecule has 12 heteroatoms. The fourth-order valence-electron chi connectivity index (χ4n) is 5.19. The first-order valence-electron chi connectivity index (χ1n) is 15.2. The minimum atomic E-state index is -0.906. The highest BCUT2D eigenvalue weighted by atomic mass is 16.8. The van der Waals surface area contributed by atoms with E-state index in [1.807, 2.05) is 39.0 Å². The molecule has 11 nitrogen and oxygen atoms in total. The van der Waals surface area contributed by atoms with Gasteiger partial charge in [-0.15, -0.1) is 0 Å². The third-order valence-electron chi connectivity index (χ3n) is 7.61. The Morgan fingerprint density at radius 1 is 1.18 bits per heavy atom. The summed E-state index contributed by atoms with van der Waals surface area (Å²) in [4.78, 5) is 31.7. The number of fused-ring (bicyclic) bond motifs is 2. The smallest absolute Gasteiger partial charge is 0.342 e. The maximum absolute atomic E-state index is 13.6. The fourth-order valence-corrected chi connectivity index (χ4v) is 5.19. The first kappa shape index (κ1) is 34.2. The number of methoxy groups -OCH3 is 1. The Bertz CT molecular complexity index is 1370. The Hall–Kier alpha value is -3.71. The van der Waals surface area contributed by atoms with Crippen molar-refractivity contribution in [2.45, 2.75) is 70.7 Å². The van der Waals surface area contributed by atoms with Crippen molar-refractivity contribution in [2.75, 3.05) is 32.0 Å². The number of cyclic esters (lactones) is 1. The summed E-state index contributed by atoms with van der Waals surface area (Å²) >= 11 is 0. The van der Waals surface area contributed by atoms with Gasteiger partial charge in [0.15, 0.2) is 18.4 Å². The number of aliphatic hydroxyl groups is 1. The molecule has 0 bridgehead atoms. The monoisotopic (exact) mass is 622 g/mol. The molecule has 45 heavy (non-hydrogen) atoms. The molecule has 1 fully saturated rings. The number of hydrogen-bond acceptors (Lipinski definition) is 10. The molecule has 0 spiro atoms. The number of ether oxygens (including phenoxy) is 6. The van der Waals surface area contributed by atoms with Crippen molar-refractivity contribution in [2.24, 2.45) is 5.92 Å². The Kier molecular flexibility index (Phi) is 11.8. The minimum Gasteiger partial charge on any atom is -0.493 e. The number of aromatic nitrogens is 1. The minimum absolute atomic E-state index is 0.0961. The normalized spacial score (nSPS) is 26.0. The van der Waals surface area contributed by atoms with Gasteiger partial charge in [0.1, 0.15) is 41.2 Å². The number of aliphatic hydroxyl groups excluding tert-OH is 1. The van der Waals surface area contributed by atoms with Gasteiger partial charge >= 0.3 is 5.97 Å². The van der Waals surface area contributed by atoms with Crippen LogP contribution in [0, 0.1) is 5.92 Å². The second-order valence-electron chi connectivity index (χ2n) is 11.6. The maximum atomic E-state index is 13.6. The van der Waals surface area contributed by atoms with Crippen molar-refractivity contribution in [1.82, 2.24) is 4.98 Å². The average molecular weight is 623 g/mol. The largest absolute Gasteiger partial charge is 0.493 e. The predicted molar refractivity (Wildman–Crippen MR) is 171 cm³/mol. The third kappa shape index (κ3) is 9.17. The summed E-state index contributed by atoms with van der Waals surface area (Å²) in [5.74, 6) is -0.467. The van der Waals surface area contributed by atoms with Crippen LogP contribution in [0.3, 0.4) is 0 Å². The molecule has 5 atom stereocenters. The van der Waals surface area contributed by atoms with E-state index >= 15 is 0 Å². The van der Waals surface area contributed by atoms with Gasteiger partial charge in [-0.25, -0.2) is 9.78 Å². The van der Waals surface area contributed by atoms with Gasteiger partial charge in [-0.05, 0) is 57.4 Å². The molecule has 3 heterocycles. The van der Waals surface area contributed by atoms with Crippen LogP contribution in [0.4, 0.5) is 10.6 Å². The Labute approximate surface area is 265 Å². The van der Waals surface area contributed by atoms with Crippen LogP contribution in [0.25, 0.3) is 6.08 Å². The molecule has 4 rings (SSSR count). The molecule has 1 saturated heterocycles. The number of carbonyl (C=O) groups is 2. The van der Waals surface area contributed by atoms with Gasteiger partial charge in [-0.1, -0.05) is 37.3 Å². The molecule has 1 N–H and O–H groups in total. The molecule has 1 amide bonds. The number of carbonyl (C=O) groups excluding carboxylic acids is 2. The maximum Gasteiger partial charge on any atom is 0.342 e. The molecule has 2 unspecified atom stereocenters. The van der Waals surface area contributed by atoms with Crippen molar-refractivity contribution in [3.8, 4) is 11.5 Å². The number of pyridine rings is 1. The van der Waals surface area contributed by atoms with Crippen molar-refractivity contribution in [3.05, 3.63) is 65.9 Å². The van der Waals surface area contributed by atoms with E-state index in [-0.39, 0.29) is 36.4 Å². The lowest BCUT2D eigenvalue weighted by Gasteiger charge is -2.23. The molecule has 1 aromatic heterocycles. The molecule has 242 valence electrons. The van der Waals surface area contributed by atoms with Gasteiger partial charge in [0.05, 0.1) is 12.7 Å². The zero-order valence-corrected chi connectivity index (χ0v) is 26.8. The molecular weight excluding hydrogens is 579 g/mol. The van der Waals surface area contributed by atoms with Crippen LogP contribution in [0.5, 0.6) is 11.5 Å². The van der Waals surface area contributed by atoms with Crippen molar-refractivity contribution >= 4 is 31.5 Å². The summed E-state index contributed by atoms with van der Waals surface area (Å²) in [5.41, 5.74) is 0.749. The van der Waals surface area contributed by atoms with E-state index < -0.39 is 36.2 Å². The molecule has 1 aromatic carbocycles. The average Bonchev–Trinajstić information content (AvgIpc) is 3.32. The van der Waals surface area contributed by atoms with Crippen LogP contribution >= 0.6 is 0 Å². The highest BCUT2D eigenvalue weighted by Crippen LogP contribution is 2.35. The van der Waals surface area contributed by atoms with E-state index in [1.54, 1.807) is 54.4 Å². The topological polar surface area (TPSA) is 126 Å². The number of rotatable bonds is 9. The Morgan fingerprint density at radius 3 is 2.69 bits per heavy atom. The lowest BCUT2D eigenvalue weighted by atomic mass is 9.99. The standard InChI is InChI=1S/C33H43BN2O9/c1-21-13-14-25(37)30-26(44-33(3,4)45-30)11-8-10-23-18-24(19-27(42-20-40-5)29(23)31(38)43-22(21)2)41-17-9-16-36(32(34)39)28-12-6-7-15-35-28/h6-8,10,12-15,18-19,21-22,25-26,30,37H,9,11,16-17,20,34H2,1-5H3/b10-8+,14-13-/t21-,22+,25?,26+,30?/m1/s1. The van der Waals surface area contributed by atoms with Crippen LogP contribution < -0.4 is 14.4 Å². The van der Waals surface area contributed by atoms with E-state index in [0.717, 1.165) is 0 Å². The highest BCUT2D eigenvalue weighted by molar-refractivity contribution is 6.60. The van der Waals surface area contributed by atoms with Gasteiger partial charge in [-0.2, -0.15) is 0 Å². The first-order valence-corrected chi connectivity index (χ1v) is 15.2. The molecular formula is C33H43BN2O9. The molecule has 2 aliphatic heterocycles. The highest BCUT2D eigenvalue weighted by Gasteiger charge is 2.43. The number of amides is 1. The SMILES string of the molecule is BC(=O)N(CCCOc1cc2c(c(OCOC)c1)C(=O)O[C@@H](C)[C@H](C)/C=C\C(O)C1OC(C)(C)O[C@H]1C/C=C/2)c1ccccn1. The quantitative estimate of drug-likeness (QED) is 0.144. The number of benzene rings is 1. The zero-order chi connectivity index (χ0) is 32.6. The Morgan fingerprint density at radius 2 is 1.98 bits per heavy atom. The van der Waals surface area contributed by atoms with Crippen LogP contribution in [0.15, 0.2) is 54.8 Å². The summed E-state index contributed by atoms with van der Waals surface area (Å²) in [7, 11) is 2.99. The fraction of sp³-hybridized carbons (Fsp3) is 0.485. The van der Waals surface area contributed by atoms with Gasteiger partial charge < -0.3 is 38.4 Å². The van der Waals surface area contributed by atoms with Crippen molar-refractivity contribution < 1.29 is 43.1 Å². The molecule has 0 saturated carbocycles. The van der Waals surface area contributed by atoms with Crippen LogP contribution in [0.1, 0.15) is 56.5 Å². The van der Waals surface area contributed by atoms with E-state index in [9.17, 15) is 14.7 Å². The predicted octanol–water partition coefficient (Wildman–Crippen LogP) is 4.13. The molecule has 2 aliphatic rings. The molecule has 2 aromatic rings. The van der Waals surface area contributed by atoms with E-state index in [0.29, 0.717) is 36.5 Å². The van der Waals surface area contributed by atoms with Gasteiger partial charge in [0.25, 0.3) is 0 Å². The summed E-state index contributed by atoms with van der Waals surface area (Å²) in [6.07, 6.45) is 7.30. The van der Waals surface area contributed by atoms with Gasteiger partial charge in [0, 0.05) is 31.8 Å². The molecule has 0 radical (unpaired) electrons. The summed E-state index contributed by atoms with van der Waals surface area (Å²) in [6, 6.07) is 8.79. The number of hydrogen-bond donors (Lipinski definition) is 1. The summed E-state index contributed by atoms with van der Waals surface area (Å²) in [5, 5.41) is 10.9. The van der Waals surface area contributed by atoms with E-state index in [2.05, 4.69) is 4.98 Å². The number of anilines is 1. The Balaban J connectivity index is 1.62. The van der Waals surface area contributed by atoms with E-state index in [1.165, 1.54) is 15.0 Å².